The number of benzene rings is 1. The molecule has 0 saturated heterocycles. The number of hydrogen-bond acceptors (Lipinski definition) is 6. The number of methoxy groups -OCH3 is 2. The van der Waals surface area contributed by atoms with Crippen LogP contribution >= 0.6 is 0 Å². The van der Waals surface area contributed by atoms with Gasteiger partial charge >= 0.3 is 0 Å². The van der Waals surface area contributed by atoms with E-state index in [4.69, 9.17) is 9.47 Å². The second-order valence-corrected chi connectivity index (χ2v) is 7.29. The number of nitrogens with zero attached hydrogens (tertiary/aromatic N) is 2. The molecule has 8 heteroatoms. The molecular formula is C16H19N3O4S. The Hall–Kier alpha value is -2.19. The maximum atomic E-state index is 12.5. The van der Waals surface area contributed by atoms with E-state index in [-0.39, 0.29) is 17.2 Å². The van der Waals surface area contributed by atoms with E-state index in [9.17, 15) is 8.42 Å². The van der Waals surface area contributed by atoms with Gasteiger partial charge in [-0.1, -0.05) is 0 Å². The van der Waals surface area contributed by atoms with Gasteiger partial charge in [-0.2, -0.15) is 0 Å². The lowest BCUT2D eigenvalue weighted by Crippen LogP contribution is -2.24. The second-order valence-electron chi connectivity index (χ2n) is 5.55. The van der Waals surface area contributed by atoms with Crippen molar-refractivity contribution in [3.05, 3.63) is 42.0 Å². The standard InChI is InChI=1S/C16H19N3O4S/c1-22-13-5-6-16(15(8-13)23-2)24(20,21)19-9-12-7-14(11-3-4-11)18-10-17-12/h5-8,10-11,19H,3-4,9H2,1-2H3. The van der Waals surface area contributed by atoms with Gasteiger partial charge < -0.3 is 9.47 Å². The van der Waals surface area contributed by atoms with Crippen molar-refractivity contribution in [1.82, 2.24) is 14.7 Å². The number of aromatic nitrogens is 2. The minimum absolute atomic E-state index is 0.0577. The first-order valence-electron chi connectivity index (χ1n) is 7.56. The number of sulfonamides is 1. The molecule has 2 aromatic rings. The molecule has 0 aliphatic heterocycles. The van der Waals surface area contributed by atoms with Crippen LogP contribution in [0.25, 0.3) is 0 Å². The van der Waals surface area contributed by atoms with Crippen molar-refractivity contribution in [2.75, 3.05) is 14.2 Å². The van der Waals surface area contributed by atoms with Crippen molar-refractivity contribution in [2.45, 2.75) is 30.2 Å². The summed E-state index contributed by atoms with van der Waals surface area (Å²) in [5.74, 6) is 1.24. The lowest BCUT2D eigenvalue weighted by atomic mass is 10.2. The van der Waals surface area contributed by atoms with E-state index in [2.05, 4.69) is 14.7 Å². The lowest BCUT2D eigenvalue weighted by molar-refractivity contribution is 0.386. The van der Waals surface area contributed by atoms with Crippen LogP contribution in [-0.4, -0.2) is 32.6 Å². The predicted octanol–water partition coefficient (Wildman–Crippen LogP) is 1.85. The third kappa shape index (κ3) is 3.65. The zero-order valence-corrected chi connectivity index (χ0v) is 14.3. The zero-order valence-electron chi connectivity index (χ0n) is 13.5. The molecular weight excluding hydrogens is 330 g/mol. The normalized spacial score (nSPS) is 14.4. The Labute approximate surface area is 141 Å². The number of nitrogens with one attached hydrogen (secondary N) is 1. The smallest absolute Gasteiger partial charge is 0.244 e. The van der Waals surface area contributed by atoms with Crippen molar-refractivity contribution in [3.63, 3.8) is 0 Å². The third-order valence-corrected chi connectivity index (χ3v) is 5.28. The highest BCUT2D eigenvalue weighted by Crippen LogP contribution is 2.38. The topological polar surface area (TPSA) is 90.4 Å². The van der Waals surface area contributed by atoms with Gasteiger partial charge in [-0.25, -0.2) is 23.1 Å². The predicted molar refractivity (Wildman–Crippen MR) is 87.6 cm³/mol. The van der Waals surface area contributed by atoms with Crippen molar-refractivity contribution < 1.29 is 17.9 Å². The van der Waals surface area contributed by atoms with Gasteiger partial charge in [0.2, 0.25) is 10.0 Å². The Morgan fingerprint density at radius 1 is 1.17 bits per heavy atom. The second kappa shape index (κ2) is 6.74. The fraction of sp³-hybridized carbons (Fsp3) is 0.375. The van der Waals surface area contributed by atoms with Crippen LogP contribution in [0.3, 0.4) is 0 Å². The third-order valence-electron chi connectivity index (χ3n) is 3.84. The molecule has 0 atom stereocenters. The maximum Gasteiger partial charge on any atom is 0.244 e. The van der Waals surface area contributed by atoms with Gasteiger partial charge in [-0.15, -0.1) is 0 Å². The Balaban J connectivity index is 1.77. The van der Waals surface area contributed by atoms with Crippen molar-refractivity contribution in [1.29, 1.82) is 0 Å². The van der Waals surface area contributed by atoms with Crippen LogP contribution < -0.4 is 14.2 Å². The fourth-order valence-corrected chi connectivity index (χ4v) is 3.51. The van der Waals surface area contributed by atoms with E-state index >= 15 is 0 Å². The zero-order chi connectivity index (χ0) is 17.2. The largest absolute Gasteiger partial charge is 0.497 e. The molecule has 0 amide bonds. The monoisotopic (exact) mass is 349 g/mol. The van der Waals surface area contributed by atoms with E-state index in [1.807, 2.05) is 6.07 Å². The van der Waals surface area contributed by atoms with Gasteiger partial charge in [0.25, 0.3) is 0 Å². The van der Waals surface area contributed by atoms with Gasteiger partial charge in [0.15, 0.2) is 0 Å². The van der Waals surface area contributed by atoms with Gasteiger partial charge in [0, 0.05) is 17.7 Å². The van der Waals surface area contributed by atoms with E-state index < -0.39 is 10.0 Å². The minimum Gasteiger partial charge on any atom is -0.497 e. The minimum atomic E-state index is -3.73. The average Bonchev–Trinajstić information content (AvgIpc) is 3.45. The molecule has 1 aliphatic carbocycles. The van der Waals surface area contributed by atoms with Crippen LogP contribution in [0.15, 0.2) is 35.5 Å². The summed E-state index contributed by atoms with van der Waals surface area (Å²) < 4.78 is 37.9. The van der Waals surface area contributed by atoms with E-state index in [1.165, 1.54) is 32.7 Å². The molecule has 128 valence electrons. The highest BCUT2D eigenvalue weighted by molar-refractivity contribution is 7.89. The van der Waals surface area contributed by atoms with E-state index in [1.54, 1.807) is 6.07 Å². The molecule has 1 aliphatic rings. The first kappa shape index (κ1) is 16.7. The summed E-state index contributed by atoms with van der Waals surface area (Å²) in [5.41, 5.74) is 1.61. The summed E-state index contributed by atoms with van der Waals surface area (Å²) in [7, 11) is -0.810. The van der Waals surface area contributed by atoms with Gasteiger partial charge in [0.05, 0.1) is 26.5 Å². The highest BCUT2D eigenvalue weighted by Gasteiger charge is 2.25. The summed E-state index contributed by atoms with van der Waals surface area (Å²) in [6, 6.07) is 6.42. The molecule has 0 unspecified atom stereocenters. The van der Waals surface area contributed by atoms with Crippen LogP contribution in [0.5, 0.6) is 11.5 Å². The molecule has 1 heterocycles. The molecule has 7 nitrogen and oxygen atoms in total. The van der Waals surface area contributed by atoms with Crippen LogP contribution in [0.1, 0.15) is 30.1 Å². The van der Waals surface area contributed by atoms with Crippen LogP contribution in [0, 0.1) is 0 Å². The first-order valence-corrected chi connectivity index (χ1v) is 9.04. The van der Waals surface area contributed by atoms with Crippen molar-refractivity contribution in [2.24, 2.45) is 0 Å². The highest BCUT2D eigenvalue weighted by atomic mass is 32.2. The maximum absolute atomic E-state index is 12.5. The van der Waals surface area contributed by atoms with E-state index in [0.29, 0.717) is 17.4 Å². The summed E-state index contributed by atoms with van der Waals surface area (Å²) in [5, 5.41) is 0. The number of hydrogen-bond donors (Lipinski definition) is 1. The summed E-state index contributed by atoms with van der Waals surface area (Å²) in [4.78, 5) is 8.41. The van der Waals surface area contributed by atoms with Crippen LogP contribution in [0.2, 0.25) is 0 Å². The summed E-state index contributed by atoms with van der Waals surface area (Å²) in [6.45, 7) is 0.0970. The summed E-state index contributed by atoms with van der Waals surface area (Å²) >= 11 is 0. The molecule has 24 heavy (non-hydrogen) atoms. The molecule has 1 fully saturated rings. The molecule has 1 N–H and O–H groups in total. The first-order chi connectivity index (χ1) is 11.5. The Bertz CT molecular complexity index is 835. The lowest BCUT2D eigenvalue weighted by Gasteiger charge is -2.12. The van der Waals surface area contributed by atoms with Gasteiger partial charge in [0.1, 0.15) is 22.7 Å². The molecule has 1 saturated carbocycles. The molecule has 0 radical (unpaired) electrons. The van der Waals surface area contributed by atoms with Crippen molar-refractivity contribution >= 4 is 10.0 Å². The molecule has 1 aromatic carbocycles. The van der Waals surface area contributed by atoms with Crippen molar-refractivity contribution in [3.8, 4) is 11.5 Å². The molecule has 1 aromatic heterocycles. The Kier molecular flexibility index (Phi) is 4.68. The van der Waals surface area contributed by atoms with Gasteiger partial charge in [-0.3, -0.25) is 0 Å². The Morgan fingerprint density at radius 3 is 2.62 bits per heavy atom. The molecule has 3 rings (SSSR count). The van der Waals surface area contributed by atoms with E-state index in [0.717, 1.165) is 18.5 Å². The van der Waals surface area contributed by atoms with Crippen LogP contribution in [0.4, 0.5) is 0 Å². The average molecular weight is 349 g/mol. The molecule has 0 bridgehead atoms. The number of rotatable bonds is 7. The number of ether oxygens (including phenoxy) is 2. The van der Waals surface area contributed by atoms with Gasteiger partial charge in [-0.05, 0) is 31.0 Å². The summed E-state index contributed by atoms with van der Waals surface area (Å²) in [6.07, 6.45) is 3.74. The SMILES string of the molecule is COc1ccc(S(=O)(=O)NCc2cc(C3CC3)ncn2)c(OC)c1. The van der Waals surface area contributed by atoms with Crippen LogP contribution in [-0.2, 0) is 16.6 Å². The Morgan fingerprint density at radius 2 is 1.96 bits per heavy atom. The molecule has 0 spiro atoms. The fourth-order valence-electron chi connectivity index (χ4n) is 2.36. The quantitative estimate of drug-likeness (QED) is 0.820.